The number of H-pyrrole nitrogens is 1. The predicted molar refractivity (Wildman–Crippen MR) is 88.0 cm³/mol. The number of nitrogens with zero attached hydrogens (tertiary/aromatic N) is 1. The molecule has 1 aliphatic heterocycles. The van der Waals surface area contributed by atoms with Gasteiger partial charge in [-0.15, -0.1) is 0 Å². The second kappa shape index (κ2) is 7.31. The second-order valence-electron chi connectivity index (χ2n) is 5.99. The van der Waals surface area contributed by atoms with Crippen LogP contribution in [-0.2, 0) is 20.7 Å². The second-order valence-corrected chi connectivity index (χ2v) is 5.99. The van der Waals surface area contributed by atoms with Gasteiger partial charge >= 0.3 is 5.97 Å². The number of fused-ring (bicyclic) bond motifs is 1. The Morgan fingerprint density at radius 2 is 1.83 bits per heavy atom. The van der Waals surface area contributed by atoms with Crippen LogP contribution >= 0.6 is 0 Å². The van der Waals surface area contributed by atoms with Gasteiger partial charge in [0.05, 0.1) is 6.42 Å². The van der Waals surface area contributed by atoms with Crippen molar-refractivity contribution in [3.05, 3.63) is 36.0 Å². The zero-order chi connectivity index (χ0) is 16.1. The van der Waals surface area contributed by atoms with E-state index in [2.05, 4.69) is 4.98 Å². The molecule has 2 aromatic rings. The van der Waals surface area contributed by atoms with E-state index in [4.69, 9.17) is 4.74 Å². The fourth-order valence-corrected chi connectivity index (χ4v) is 3.04. The van der Waals surface area contributed by atoms with Crippen molar-refractivity contribution < 1.29 is 14.3 Å². The van der Waals surface area contributed by atoms with Crippen molar-refractivity contribution in [2.24, 2.45) is 0 Å². The number of aromatic nitrogens is 1. The first-order chi connectivity index (χ1) is 11.2. The number of benzene rings is 1. The molecule has 0 radical (unpaired) electrons. The molecular formula is C18H22N2O3. The van der Waals surface area contributed by atoms with Crippen LogP contribution in [0.2, 0.25) is 0 Å². The van der Waals surface area contributed by atoms with Crippen LogP contribution in [0.3, 0.4) is 0 Å². The minimum atomic E-state index is -0.363. The van der Waals surface area contributed by atoms with E-state index in [0.717, 1.165) is 42.4 Å². The molecule has 1 saturated heterocycles. The van der Waals surface area contributed by atoms with Gasteiger partial charge in [-0.05, 0) is 24.5 Å². The molecule has 0 unspecified atom stereocenters. The normalized spacial score (nSPS) is 15.4. The van der Waals surface area contributed by atoms with Crippen LogP contribution in [0.15, 0.2) is 30.5 Å². The molecule has 2 heterocycles. The van der Waals surface area contributed by atoms with Crippen molar-refractivity contribution >= 4 is 22.8 Å². The Hall–Kier alpha value is -2.30. The fourth-order valence-electron chi connectivity index (χ4n) is 3.04. The zero-order valence-electron chi connectivity index (χ0n) is 13.2. The molecule has 0 atom stereocenters. The Kier molecular flexibility index (Phi) is 4.95. The van der Waals surface area contributed by atoms with Crippen molar-refractivity contribution in [3.8, 4) is 0 Å². The Balaban J connectivity index is 1.52. The molecule has 122 valence electrons. The summed E-state index contributed by atoms with van der Waals surface area (Å²) >= 11 is 0. The lowest BCUT2D eigenvalue weighted by Crippen LogP contribution is -2.35. The molecule has 1 amide bonds. The molecule has 5 nitrogen and oxygen atoms in total. The third-order valence-corrected chi connectivity index (χ3v) is 4.33. The number of para-hydroxylation sites is 1. The standard InChI is InChI=1S/C18H22N2O3/c21-17(20-9-5-1-2-6-10-20)13-23-18(22)11-14-12-19-16-8-4-3-7-15(14)16/h3-4,7-8,12,19H,1-2,5-6,9-11,13H2. The molecule has 5 heteroatoms. The van der Waals surface area contributed by atoms with Gasteiger partial charge < -0.3 is 14.6 Å². The summed E-state index contributed by atoms with van der Waals surface area (Å²) in [6, 6.07) is 7.82. The number of carbonyl (C=O) groups is 2. The van der Waals surface area contributed by atoms with Gasteiger partial charge in [0, 0.05) is 30.2 Å². The third kappa shape index (κ3) is 3.92. The lowest BCUT2D eigenvalue weighted by molar-refractivity contribution is -0.151. The van der Waals surface area contributed by atoms with Crippen molar-refractivity contribution in [3.63, 3.8) is 0 Å². The number of hydrogen-bond acceptors (Lipinski definition) is 3. The molecule has 1 fully saturated rings. The average molecular weight is 314 g/mol. The highest BCUT2D eigenvalue weighted by atomic mass is 16.5. The van der Waals surface area contributed by atoms with Crippen LogP contribution in [0, 0.1) is 0 Å². The Labute approximate surface area is 135 Å². The minimum Gasteiger partial charge on any atom is -0.455 e. The molecular weight excluding hydrogens is 292 g/mol. The summed E-state index contributed by atoms with van der Waals surface area (Å²) in [6.07, 6.45) is 6.41. The SMILES string of the molecule is O=C(Cc1c[nH]c2ccccc12)OCC(=O)N1CCCCCC1. The van der Waals surface area contributed by atoms with Crippen LogP contribution in [-0.4, -0.2) is 41.5 Å². The van der Waals surface area contributed by atoms with Gasteiger partial charge in [-0.2, -0.15) is 0 Å². The molecule has 1 aliphatic rings. The Bertz CT molecular complexity index is 684. The summed E-state index contributed by atoms with van der Waals surface area (Å²) in [5.74, 6) is -0.447. The van der Waals surface area contributed by atoms with Gasteiger partial charge in [0.2, 0.25) is 0 Å². The summed E-state index contributed by atoms with van der Waals surface area (Å²) in [5.41, 5.74) is 1.89. The molecule has 23 heavy (non-hydrogen) atoms. The predicted octanol–water partition coefficient (Wildman–Crippen LogP) is 2.66. The van der Waals surface area contributed by atoms with Crippen LogP contribution in [0.25, 0.3) is 10.9 Å². The molecule has 0 aliphatic carbocycles. The molecule has 0 saturated carbocycles. The van der Waals surface area contributed by atoms with E-state index in [1.165, 1.54) is 12.8 Å². The average Bonchev–Trinajstić information content (AvgIpc) is 2.79. The molecule has 1 aromatic carbocycles. The summed E-state index contributed by atoms with van der Waals surface area (Å²) in [4.78, 5) is 29.1. The topological polar surface area (TPSA) is 62.4 Å². The number of likely N-dealkylation sites (tertiary alicyclic amines) is 1. The van der Waals surface area contributed by atoms with Crippen LogP contribution < -0.4 is 0 Å². The maximum Gasteiger partial charge on any atom is 0.310 e. The Morgan fingerprint density at radius 3 is 2.61 bits per heavy atom. The monoisotopic (exact) mass is 314 g/mol. The molecule has 1 aromatic heterocycles. The highest BCUT2D eigenvalue weighted by Gasteiger charge is 2.17. The number of hydrogen-bond donors (Lipinski definition) is 1. The van der Waals surface area contributed by atoms with Gasteiger partial charge in [0.1, 0.15) is 0 Å². The maximum absolute atomic E-state index is 12.1. The number of ether oxygens (including phenoxy) is 1. The van der Waals surface area contributed by atoms with Crippen molar-refractivity contribution in [1.82, 2.24) is 9.88 Å². The van der Waals surface area contributed by atoms with Crippen LogP contribution in [0.1, 0.15) is 31.2 Å². The summed E-state index contributed by atoms with van der Waals surface area (Å²) in [6.45, 7) is 1.40. The summed E-state index contributed by atoms with van der Waals surface area (Å²) in [5, 5.41) is 1.02. The van der Waals surface area contributed by atoms with Gasteiger partial charge in [-0.1, -0.05) is 31.0 Å². The number of aromatic amines is 1. The van der Waals surface area contributed by atoms with Gasteiger partial charge in [0.15, 0.2) is 6.61 Å². The van der Waals surface area contributed by atoms with E-state index in [-0.39, 0.29) is 24.9 Å². The zero-order valence-corrected chi connectivity index (χ0v) is 13.2. The van der Waals surface area contributed by atoms with E-state index in [0.29, 0.717) is 0 Å². The van der Waals surface area contributed by atoms with E-state index in [1.54, 1.807) is 0 Å². The van der Waals surface area contributed by atoms with E-state index in [9.17, 15) is 9.59 Å². The van der Waals surface area contributed by atoms with E-state index >= 15 is 0 Å². The summed E-state index contributed by atoms with van der Waals surface area (Å²) in [7, 11) is 0. The first-order valence-electron chi connectivity index (χ1n) is 8.22. The number of nitrogens with one attached hydrogen (secondary N) is 1. The van der Waals surface area contributed by atoms with Crippen LogP contribution in [0.5, 0.6) is 0 Å². The molecule has 1 N–H and O–H groups in total. The molecule has 0 bridgehead atoms. The number of esters is 1. The highest BCUT2D eigenvalue weighted by molar-refractivity contribution is 5.88. The van der Waals surface area contributed by atoms with Crippen molar-refractivity contribution in [1.29, 1.82) is 0 Å². The first-order valence-corrected chi connectivity index (χ1v) is 8.22. The third-order valence-electron chi connectivity index (χ3n) is 4.33. The van der Waals surface area contributed by atoms with Crippen molar-refractivity contribution in [2.45, 2.75) is 32.1 Å². The number of amides is 1. The highest BCUT2D eigenvalue weighted by Crippen LogP contribution is 2.18. The Morgan fingerprint density at radius 1 is 1.09 bits per heavy atom. The lowest BCUT2D eigenvalue weighted by atomic mass is 10.1. The smallest absolute Gasteiger partial charge is 0.310 e. The summed E-state index contributed by atoms with van der Waals surface area (Å²) < 4.78 is 5.18. The minimum absolute atomic E-state index is 0.0841. The van der Waals surface area contributed by atoms with Gasteiger partial charge in [-0.3, -0.25) is 9.59 Å². The van der Waals surface area contributed by atoms with E-state index in [1.807, 2.05) is 35.4 Å². The van der Waals surface area contributed by atoms with Crippen molar-refractivity contribution in [2.75, 3.05) is 19.7 Å². The molecule has 3 rings (SSSR count). The fraction of sp³-hybridized carbons (Fsp3) is 0.444. The quantitative estimate of drug-likeness (QED) is 0.883. The van der Waals surface area contributed by atoms with E-state index < -0.39 is 0 Å². The largest absolute Gasteiger partial charge is 0.455 e. The van der Waals surface area contributed by atoms with Gasteiger partial charge in [-0.25, -0.2) is 0 Å². The number of rotatable bonds is 4. The molecule has 0 spiro atoms. The maximum atomic E-state index is 12.1. The lowest BCUT2D eigenvalue weighted by Gasteiger charge is -2.19. The van der Waals surface area contributed by atoms with Crippen LogP contribution in [0.4, 0.5) is 0 Å². The van der Waals surface area contributed by atoms with Gasteiger partial charge in [0.25, 0.3) is 5.91 Å². The first kappa shape index (κ1) is 15.6. The number of carbonyl (C=O) groups excluding carboxylic acids is 2.